The molecule has 0 heterocycles. The Morgan fingerprint density at radius 1 is 0.315 bits per heavy atom. The highest BCUT2D eigenvalue weighted by Crippen LogP contribution is 2.79. The number of rotatable bonds is 9. The van der Waals surface area contributed by atoms with Gasteiger partial charge in [0.15, 0.2) is 0 Å². The summed E-state index contributed by atoms with van der Waals surface area (Å²) in [5.41, 5.74) is 16.9. The third kappa shape index (κ3) is 5.97. The number of hydrogen-bond donors (Lipinski definition) is 0. The van der Waals surface area contributed by atoms with E-state index in [1.165, 1.54) is 141 Å². The Balaban J connectivity index is 1.21. The van der Waals surface area contributed by atoms with Crippen molar-refractivity contribution in [1.29, 1.82) is 0 Å². The molecule has 54 heavy (non-hydrogen) atoms. The summed E-state index contributed by atoms with van der Waals surface area (Å²) in [4.78, 5) is 0. The molecule has 0 bridgehead atoms. The van der Waals surface area contributed by atoms with Crippen LogP contribution in [0, 0.1) is 0 Å². The first-order chi connectivity index (χ1) is 26.8. The summed E-state index contributed by atoms with van der Waals surface area (Å²) in [6, 6.07) is 39.9. The normalized spacial score (nSPS) is 22.9. The van der Waals surface area contributed by atoms with Crippen LogP contribution in [0.15, 0.2) is 97.1 Å². The monoisotopic (exact) mass is 750 g/mol. The van der Waals surface area contributed by atoms with E-state index in [0.29, 0.717) is 0 Å². The molecule has 0 aromatic heterocycles. The minimum Gasteiger partial charge on any atom is -0.0846 e. The van der Waals surface area contributed by atoms with Crippen LogP contribution in [0.1, 0.15) is 164 Å². The molecule has 0 radical (unpaired) electrons. The van der Waals surface area contributed by atoms with E-state index in [0.717, 1.165) is 22.6 Å². The predicted octanol–water partition coefficient (Wildman–Crippen LogP) is 15.9. The quantitative estimate of drug-likeness (QED) is 0.149. The van der Waals surface area contributed by atoms with Crippen molar-refractivity contribution in [3.05, 3.63) is 119 Å². The summed E-state index contributed by atoms with van der Waals surface area (Å²) in [6.07, 6.45) is 31.9. The fourth-order valence-electron chi connectivity index (χ4n) is 13.6. The molecule has 0 N–H and O–H groups in total. The van der Waals surface area contributed by atoms with E-state index in [2.05, 4.69) is 97.1 Å². The second-order valence-electron chi connectivity index (χ2n) is 18.4. The van der Waals surface area contributed by atoms with Crippen LogP contribution in [-0.2, 0) is 10.3 Å². The predicted molar refractivity (Wildman–Crippen MR) is 236 cm³/mol. The molecule has 0 spiro atoms. The lowest BCUT2D eigenvalue weighted by molar-refractivity contribution is 0.454. The lowest BCUT2D eigenvalue weighted by Gasteiger charge is -2.54. The van der Waals surface area contributed by atoms with Gasteiger partial charge < -0.3 is 0 Å². The molecule has 10 rings (SSSR count). The van der Waals surface area contributed by atoms with Crippen molar-refractivity contribution in [2.24, 2.45) is 0 Å². The molecule has 6 aliphatic rings. The maximum absolute atomic E-state index is 2.66. The van der Waals surface area contributed by atoms with Crippen LogP contribution in [0.5, 0.6) is 0 Å². The molecule has 4 fully saturated rings. The zero-order valence-electron chi connectivity index (χ0n) is 33.0. The Morgan fingerprint density at radius 3 is 0.778 bits per heavy atom. The van der Waals surface area contributed by atoms with Gasteiger partial charge in [-0.3, -0.25) is 0 Å². The van der Waals surface area contributed by atoms with Crippen LogP contribution in [0.4, 0.5) is 0 Å². The third-order valence-corrected chi connectivity index (χ3v) is 24.1. The van der Waals surface area contributed by atoms with Crippen LogP contribution in [0.25, 0.3) is 22.3 Å². The highest BCUT2D eigenvalue weighted by Gasteiger charge is 2.58. The molecule has 0 saturated heterocycles. The summed E-state index contributed by atoms with van der Waals surface area (Å²) in [7, 11) is -0.548. The Bertz CT molecular complexity index is 1630. The molecule has 0 nitrogen and oxygen atoms in total. The Hall–Kier alpha value is -2.26. The fraction of sp³-hybridized carbons (Fsp3) is 0.538. The lowest BCUT2D eigenvalue weighted by atomic mass is 9.83. The molecule has 0 amide bonds. The van der Waals surface area contributed by atoms with Crippen molar-refractivity contribution in [2.45, 2.75) is 174 Å². The van der Waals surface area contributed by atoms with Gasteiger partial charge in [-0.1, -0.05) is 190 Å². The molecule has 0 aliphatic heterocycles. The minimum absolute atomic E-state index is 0.131. The smallest absolute Gasteiger partial charge is 0.0419 e. The van der Waals surface area contributed by atoms with Gasteiger partial charge in [-0.25, -0.2) is 0 Å². The summed E-state index contributed by atoms with van der Waals surface area (Å²) in [5, 5.41) is 0.262. The average Bonchev–Trinajstić information content (AvgIpc) is 3.70. The van der Waals surface area contributed by atoms with Gasteiger partial charge in [-0.2, -0.15) is 0 Å². The Labute approximate surface area is 330 Å². The van der Waals surface area contributed by atoms with Crippen molar-refractivity contribution in [3.63, 3.8) is 0 Å². The molecule has 2 heteroatoms. The molecule has 4 aromatic carbocycles. The van der Waals surface area contributed by atoms with E-state index in [9.17, 15) is 0 Å². The van der Waals surface area contributed by atoms with Gasteiger partial charge in [0.1, 0.15) is 0 Å². The van der Waals surface area contributed by atoms with Gasteiger partial charge in [0, 0.05) is 10.3 Å². The Kier molecular flexibility index (Phi) is 10.4. The summed E-state index contributed by atoms with van der Waals surface area (Å²) < 4.78 is 0. The van der Waals surface area contributed by atoms with E-state index in [-0.39, 0.29) is 26.2 Å². The maximum atomic E-state index is 2.66. The molecular formula is C52H64P2. The van der Waals surface area contributed by atoms with Crippen molar-refractivity contribution >= 4 is 15.8 Å². The molecule has 4 saturated carbocycles. The molecule has 0 unspecified atom stereocenters. The van der Waals surface area contributed by atoms with Crippen LogP contribution >= 0.6 is 15.8 Å². The van der Waals surface area contributed by atoms with E-state index in [1.807, 2.05) is 0 Å². The first-order valence-corrected chi connectivity index (χ1v) is 25.7. The van der Waals surface area contributed by atoms with Gasteiger partial charge in [0.05, 0.1) is 0 Å². The van der Waals surface area contributed by atoms with E-state index in [1.54, 1.807) is 44.5 Å². The number of benzene rings is 4. The van der Waals surface area contributed by atoms with E-state index in [4.69, 9.17) is 0 Å². The van der Waals surface area contributed by atoms with Crippen LogP contribution in [0.2, 0.25) is 0 Å². The summed E-state index contributed by atoms with van der Waals surface area (Å²) in [6.45, 7) is 0. The van der Waals surface area contributed by atoms with Crippen molar-refractivity contribution in [2.75, 3.05) is 0 Å². The highest BCUT2D eigenvalue weighted by molar-refractivity contribution is 7.61. The number of fused-ring (bicyclic) bond motifs is 6. The zero-order valence-corrected chi connectivity index (χ0v) is 34.8. The maximum Gasteiger partial charge on any atom is 0.0419 e. The topological polar surface area (TPSA) is 0 Å². The fourth-order valence-corrected chi connectivity index (χ4v) is 23.6. The third-order valence-electron chi connectivity index (χ3n) is 15.7. The van der Waals surface area contributed by atoms with Crippen LogP contribution < -0.4 is 0 Å². The largest absolute Gasteiger partial charge is 0.0846 e. The standard InChI is InChI=1S/C52H64P2/c1-5-21-39(22-6-1)53(40-23-7-2-8-24-40)51(47-33-17-13-29-43(47)44-30-14-18-34-48(44)51)37-38-52(49-35-19-15-31-45(49)46-32-16-20-36-50(46)52)54(41-25-9-3-10-26-41)42-27-11-4-12-28-42/h13-20,29-36,39-42H,1-12,21-28,37-38H2. The van der Waals surface area contributed by atoms with Crippen LogP contribution in [0.3, 0.4) is 0 Å². The zero-order chi connectivity index (χ0) is 36.0. The van der Waals surface area contributed by atoms with Crippen LogP contribution in [-0.4, -0.2) is 22.6 Å². The molecule has 282 valence electrons. The van der Waals surface area contributed by atoms with E-state index >= 15 is 0 Å². The van der Waals surface area contributed by atoms with Gasteiger partial charge in [-0.15, -0.1) is 0 Å². The molecule has 0 atom stereocenters. The minimum atomic E-state index is -0.274. The van der Waals surface area contributed by atoms with Gasteiger partial charge in [0.2, 0.25) is 0 Å². The van der Waals surface area contributed by atoms with Crippen molar-refractivity contribution in [1.82, 2.24) is 0 Å². The second kappa shape index (κ2) is 15.6. The average molecular weight is 751 g/mol. The van der Waals surface area contributed by atoms with Gasteiger partial charge in [-0.05, 0) is 131 Å². The summed E-state index contributed by atoms with van der Waals surface area (Å²) >= 11 is 0. The number of hydrogen-bond acceptors (Lipinski definition) is 0. The second-order valence-corrected chi connectivity index (χ2v) is 24.5. The summed E-state index contributed by atoms with van der Waals surface area (Å²) in [5.74, 6) is 0. The molecule has 6 aliphatic carbocycles. The molecule has 4 aromatic rings. The van der Waals surface area contributed by atoms with Crippen molar-refractivity contribution in [3.8, 4) is 22.3 Å². The van der Waals surface area contributed by atoms with Crippen molar-refractivity contribution < 1.29 is 0 Å². The van der Waals surface area contributed by atoms with Gasteiger partial charge in [0.25, 0.3) is 0 Å². The lowest BCUT2D eigenvalue weighted by Crippen LogP contribution is -2.39. The van der Waals surface area contributed by atoms with Gasteiger partial charge >= 0.3 is 0 Å². The Morgan fingerprint density at radius 2 is 0.537 bits per heavy atom. The highest BCUT2D eigenvalue weighted by atomic mass is 31.1. The first-order valence-electron chi connectivity index (χ1n) is 22.8. The first kappa shape index (κ1) is 36.1. The molecular weight excluding hydrogens is 687 g/mol. The van der Waals surface area contributed by atoms with E-state index < -0.39 is 0 Å². The SMILES string of the molecule is c1ccc2c(c1)-c1ccccc1C2(CCC1(P(C2CCCCC2)C2CCCCC2)c2ccccc2-c2ccccc21)P(C1CCCCC1)C1CCCCC1.